The Bertz CT molecular complexity index is 482. The second kappa shape index (κ2) is 5.23. The second-order valence-electron chi connectivity index (χ2n) is 3.17. The van der Waals surface area contributed by atoms with Crippen LogP contribution in [-0.4, -0.2) is 21.5 Å². The number of thioether (sulfide) groups is 1. The van der Waals surface area contributed by atoms with Crippen LogP contribution in [0.2, 0.25) is 0 Å². The molecule has 3 nitrogen and oxygen atoms in total. The van der Waals surface area contributed by atoms with Gasteiger partial charge < -0.3 is 0 Å². The molecule has 2 rings (SSSR count). The van der Waals surface area contributed by atoms with Crippen molar-refractivity contribution in [2.24, 2.45) is 0 Å². The fourth-order valence-corrected chi connectivity index (χ4v) is 2.77. The van der Waals surface area contributed by atoms with E-state index >= 15 is 0 Å². The average Bonchev–Trinajstić information content (AvgIpc) is 2.74. The van der Waals surface area contributed by atoms with E-state index < -0.39 is 0 Å². The van der Waals surface area contributed by atoms with Crippen molar-refractivity contribution in [2.45, 2.75) is 11.9 Å². The van der Waals surface area contributed by atoms with Gasteiger partial charge >= 0.3 is 0 Å². The van der Waals surface area contributed by atoms with Crippen LogP contribution in [0, 0.1) is 6.92 Å². The molecule has 2 aromatic rings. The van der Waals surface area contributed by atoms with Gasteiger partial charge in [-0.15, -0.1) is 11.3 Å². The number of hydrogen-bond acceptors (Lipinski definition) is 5. The molecule has 0 fully saturated rings. The SMILES string of the molecule is Cc1ccc(C(=O)CSc2ccncn2)s1. The molecule has 0 aliphatic carbocycles. The van der Waals surface area contributed by atoms with Crippen LogP contribution >= 0.6 is 23.1 Å². The van der Waals surface area contributed by atoms with Gasteiger partial charge in [0.25, 0.3) is 0 Å². The van der Waals surface area contributed by atoms with E-state index in [4.69, 9.17) is 0 Å². The molecule has 5 heteroatoms. The van der Waals surface area contributed by atoms with Crippen molar-refractivity contribution in [1.82, 2.24) is 9.97 Å². The van der Waals surface area contributed by atoms with E-state index in [-0.39, 0.29) is 5.78 Å². The van der Waals surface area contributed by atoms with Crippen molar-refractivity contribution in [3.8, 4) is 0 Å². The minimum atomic E-state index is 0.154. The molecular formula is C11H10N2OS2. The first kappa shape index (κ1) is 11.3. The fourth-order valence-electron chi connectivity index (χ4n) is 1.16. The average molecular weight is 250 g/mol. The Balaban J connectivity index is 1.94. The Morgan fingerprint density at radius 2 is 2.31 bits per heavy atom. The Kier molecular flexibility index (Phi) is 3.69. The Hall–Kier alpha value is -1.20. The summed E-state index contributed by atoms with van der Waals surface area (Å²) in [6.07, 6.45) is 3.16. The van der Waals surface area contributed by atoms with Crippen LogP contribution in [0.25, 0.3) is 0 Å². The highest BCUT2D eigenvalue weighted by Gasteiger charge is 2.08. The summed E-state index contributed by atoms with van der Waals surface area (Å²) < 4.78 is 0. The predicted molar refractivity (Wildman–Crippen MR) is 66.1 cm³/mol. The highest BCUT2D eigenvalue weighted by Crippen LogP contribution is 2.20. The summed E-state index contributed by atoms with van der Waals surface area (Å²) >= 11 is 2.97. The van der Waals surface area contributed by atoms with Crippen LogP contribution in [-0.2, 0) is 0 Å². The maximum atomic E-state index is 11.8. The molecular weight excluding hydrogens is 240 g/mol. The van der Waals surface area contributed by atoms with Crippen LogP contribution < -0.4 is 0 Å². The Labute approximate surface area is 102 Å². The second-order valence-corrected chi connectivity index (χ2v) is 5.45. The molecule has 2 aromatic heterocycles. The van der Waals surface area contributed by atoms with E-state index in [9.17, 15) is 4.79 Å². The first-order valence-corrected chi connectivity index (χ1v) is 6.54. The van der Waals surface area contributed by atoms with Crippen molar-refractivity contribution in [2.75, 3.05) is 5.75 Å². The molecule has 0 spiro atoms. The minimum absolute atomic E-state index is 0.154. The molecule has 16 heavy (non-hydrogen) atoms. The van der Waals surface area contributed by atoms with Gasteiger partial charge in [0, 0.05) is 11.1 Å². The van der Waals surface area contributed by atoms with Crippen LogP contribution in [0.1, 0.15) is 14.5 Å². The molecule has 0 aliphatic rings. The van der Waals surface area contributed by atoms with Gasteiger partial charge in [0.2, 0.25) is 0 Å². The van der Waals surface area contributed by atoms with Crippen molar-refractivity contribution in [3.05, 3.63) is 40.5 Å². The fraction of sp³-hybridized carbons (Fsp3) is 0.182. The first-order valence-electron chi connectivity index (χ1n) is 4.74. The van der Waals surface area contributed by atoms with Crippen LogP contribution in [0.5, 0.6) is 0 Å². The number of nitrogens with zero attached hydrogens (tertiary/aromatic N) is 2. The number of aryl methyl sites for hydroxylation is 1. The molecule has 82 valence electrons. The van der Waals surface area contributed by atoms with Crippen molar-refractivity contribution >= 4 is 28.9 Å². The molecule has 0 N–H and O–H groups in total. The van der Waals surface area contributed by atoms with Crippen LogP contribution in [0.3, 0.4) is 0 Å². The monoisotopic (exact) mass is 250 g/mol. The molecule has 0 unspecified atom stereocenters. The number of carbonyl (C=O) groups excluding carboxylic acids is 1. The molecule has 0 saturated heterocycles. The van der Waals surface area contributed by atoms with E-state index in [2.05, 4.69) is 9.97 Å². The van der Waals surface area contributed by atoms with Gasteiger partial charge in [-0.05, 0) is 25.1 Å². The Morgan fingerprint density at radius 1 is 1.44 bits per heavy atom. The van der Waals surface area contributed by atoms with Gasteiger partial charge in [0.05, 0.1) is 15.7 Å². The summed E-state index contributed by atoms with van der Waals surface area (Å²) in [5, 5.41) is 0.830. The number of aromatic nitrogens is 2. The van der Waals surface area contributed by atoms with Gasteiger partial charge in [-0.1, -0.05) is 11.8 Å². The zero-order chi connectivity index (χ0) is 11.4. The third-order valence-electron chi connectivity index (χ3n) is 1.92. The first-order chi connectivity index (χ1) is 7.75. The van der Waals surface area contributed by atoms with Gasteiger partial charge in [0.1, 0.15) is 6.33 Å². The summed E-state index contributed by atoms with van der Waals surface area (Å²) in [6, 6.07) is 5.65. The maximum Gasteiger partial charge on any atom is 0.183 e. The third kappa shape index (κ3) is 2.90. The van der Waals surface area contributed by atoms with Gasteiger partial charge in [0.15, 0.2) is 5.78 Å². The smallest absolute Gasteiger partial charge is 0.183 e. The summed E-state index contributed by atoms with van der Waals surface area (Å²) in [5.74, 6) is 0.582. The predicted octanol–water partition coefficient (Wildman–Crippen LogP) is 2.82. The summed E-state index contributed by atoms with van der Waals surface area (Å²) in [7, 11) is 0. The van der Waals surface area contributed by atoms with Crippen molar-refractivity contribution < 1.29 is 4.79 Å². The molecule has 0 aliphatic heterocycles. The number of carbonyl (C=O) groups is 1. The highest BCUT2D eigenvalue weighted by molar-refractivity contribution is 7.99. The number of rotatable bonds is 4. The molecule has 0 radical (unpaired) electrons. The molecule has 0 saturated carbocycles. The lowest BCUT2D eigenvalue weighted by Crippen LogP contribution is -1.99. The zero-order valence-electron chi connectivity index (χ0n) is 8.71. The van der Waals surface area contributed by atoms with Crippen molar-refractivity contribution in [1.29, 1.82) is 0 Å². The van der Waals surface area contributed by atoms with E-state index in [1.807, 2.05) is 19.1 Å². The standard InChI is InChI=1S/C11H10N2OS2/c1-8-2-3-10(16-8)9(14)6-15-11-4-5-12-7-13-11/h2-5,7H,6H2,1H3. The molecule has 0 atom stereocenters. The number of hydrogen-bond donors (Lipinski definition) is 0. The van der Waals surface area contributed by atoms with Crippen LogP contribution in [0.4, 0.5) is 0 Å². The molecule has 0 aromatic carbocycles. The van der Waals surface area contributed by atoms with Crippen molar-refractivity contribution in [3.63, 3.8) is 0 Å². The van der Waals surface area contributed by atoms with E-state index in [1.165, 1.54) is 29.4 Å². The number of thiophene rings is 1. The summed E-state index contributed by atoms with van der Waals surface area (Å²) in [5.41, 5.74) is 0. The quantitative estimate of drug-likeness (QED) is 0.475. The molecule has 2 heterocycles. The highest BCUT2D eigenvalue weighted by atomic mass is 32.2. The topological polar surface area (TPSA) is 42.9 Å². The zero-order valence-corrected chi connectivity index (χ0v) is 10.3. The minimum Gasteiger partial charge on any atom is -0.292 e. The van der Waals surface area contributed by atoms with E-state index in [0.717, 1.165) is 14.8 Å². The molecule has 0 bridgehead atoms. The third-order valence-corrected chi connectivity index (χ3v) is 3.91. The lowest BCUT2D eigenvalue weighted by Gasteiger charge is -1.97. The van der Waals surface area contributed by atoms with Crippen LogP contribution in [0.15, 0.2) is 35.7 Å². The van der Waals surface area contributed by atoms with E-state index in [1.54, 1.807) is 12.3 Å². The lowest BCUT2D eigenvalue weighted by atomic mass is 10.3. The lowest BCUT2D eigenvalue weighted by molar-refractivity contribution is 0.102. The summed E-state index contributed by atoms with van der Waals surface area (Å²) in [6.45, 7) is 2.00. The largest absolute Gasteiger partial charge is 0.292 e. The van der Waals surface area contributed by atoms with Gasteiger partial charge in [-0.3, -0.25) is 4.79 Å². The number of Topliss-reactive ketones (excluding diaryl/α,β-unsaturated/α-hetero) is 1. The molecule has 0 amide bonds. The Morgan fingerprint density at radius 3 is 2.94 bits per heavy atom. The number of ketones is 1. The van der Waals surface area contributed by atoms with E-state index in [0.29, 0.717) is 5.75 Å². The van der Waals surface area contributed by atoms with Gasteiger partial charge in [-0.2, -0.15) is 0 Å². The normalized spacial score (nSPS) is 10.3. The van der Waals surface area contributed by atoms with Gasteiger partial charge in [-0.25, -0.2) is 9.97 Å². The maximum absolute atomic E-state index is 11.8. The summed E-state index contributed by atoms with van der Waals surface area (Å²) in [4.78, 5) is 21.6.